The third-order valence-electron chi connectivity index (χ3n) is 4.12. The number of anilines is 1. The summed E-state index contributed by atoms with van der Waals surface area (Å²) in [5.41, 5.74) is 2.93. The van der Waals surface area contributed by atoms with Gasteiger partial charge in [-0.1, -0.05) is 0 Å². The highest BCUT2D eigenvalue weighted by molar-refractivity contribution is 7.15. The molecule has 0 saturated carbocycles. The van der Waals surface area contributed by atoms with Gasteiger partial charge in [0.1, 0.15) is 5.76 Å². The van der Waals surface area contributed by atoms with E-state index in [4.69, 9.17) is 4.42 Å². The number of rotatable bonds is 4. The van der Waals surface area contributed by atoms with E-state index in [1.165, 1.54) is 17.7 Å². The van der Waals surface area contributed by atoms with Crippen molar-refractivity contribution >= 4 is 22.5 Å². The molecule has 25 heavy (non-hydrogen) atoms. The summed E-state index contributed by atoms with van der Waals surface area (Å²) in [6.45, 7) is 0.387. The fourth-order valence-corrected chi connectivity index (χ4v) is 3.94. The lowest BCUT2D eigenvalue weighted by atomic mass is 10.0. The Morgan fingerprint density at radius 1 is 1.28 bits per heavy atom. The average Bonchev–Trinajstić information content (AvgIpc) is 3.29. The number of amides is 2. The van der Waals surface area contributed by atoms with Crippen LogP contribution in [0.3, 0.4) is 0 Å². The number of furan rings is 1. The highest BCUT2D eigenvalue weighted by Gasteiger charge is 2.16. The predicted octanol–water partition coefficient (Wildman–Crippen LogP) is 4.00. The number of nitrogens with one attached hydrogen (secondary N) is 2. The van der Waals surface area contributed by atoms with Gasteiger partial charge in [-0.2, -0.15) is 0 Å². The SMILES string of the molecule is O=C(NCc1cncc(-c2ccco2)c1)Nc1nc2c(s1)CCCC2. The standard InChI is InChI=1S/C18H18N4O2S/c23-17(22-18-21-14-4-1-2-6-16(14)25-18)20-10-12-8-13(11-19-9-12)15-5-3-7-24-15/h3,5,7-9,11H,1-2,4,6,10H2,(H2,20,21,22,23). The molecule has 0 aromatic carbocycles. The van der Waals surface area contributed by atoms with E-state index < -0.39 is 0 Å². The number of fused-ring (bicyclic) bond motifs is 1. The Morgan fingerprint density at radius 3 is 3.04 bits per heavy atom. The second-order valence-electron chi connectivity index (χ2n) is 5.96. The van der Waals surface area contributed by atoms with E-state index in [2.05, 4.69) is 20.6 Å². The van der Waals surface area contributed by atoms with Crippen LogP contribution in [-0.4, -0.2) is 16.0 Å². The van der Waals surface area contributed by atoms with Crippen LogP contribution in [0.15, 0.2) is 41.3 Å². The molecule has 0 bridgehead atoms. The van der Waals surface area contributed by atoms with Gasteiger partial charge >= 0.3 is 6.03 Å². The number of hydrogen-bond donors (Lipinski definition) is 2. The molecule has 1 aliphatic rings. The second kappa shape index (κ2) is 7.06. The summed E-state index contributed by atoms with van der Waals surface area (Å²) < 4.78 is 5.37. The second-order valence-corrected chi connectivity index (χ2v) is 7.05. The highest BCUT2D eigenvalue weighted by atomic mass is 32.1. The summed E-state index contributed by atoms with van der Waals surface area (Å²) in [5.74, 6) is 0.757. The molecular formula is C18H18N4O2S. The quantitative estimate of drug-likeness (QED) is 0.742. The molecule has 0 fully saturated rings. The van der Waals surface area contributed by atoms with Crippen molar-refractivity contribution in [1.82, 2.24) is 15.3 Å². The zero-order chi connectivity index (χ0) is 17.1. The van der Waals surface area contributed by atoms with Gasteiger partial charge in [0.05, 0.1) is 12.0 Å². The average molecular weight is 354 g/mol. The molecular weight excluding hydrogens is 336 g/mol. The third-order valence-corrected chi connectivity index (χ3v) is 5.19. The van der Waals surface area contributed by atoms with E-state index in [0.29, 0.717) is 11.7 Å². The van der Waals surface area contributed by atoms with E-state index in [1.807, 2.05) is 18.2 Å². The Labute approximate surface area is 149 Å². The van der Waals surface area contributed by atoms with E-state index in [-0.39, 0.29) is 6.03 Å². The molecule has 0 aliphatic heterocycles. The lowest BCUT2D eigenvalue weighted by Crippen LogP contribution is -2.28. The maximum absolute atomic E-state index is 12.1. The van der Waals surface area contributed by atoms with Crippen molar-refractivity contribution in [3.63, 3.8) is 0 Å². The van der Waals surface area contributed by atoms with E-state index in [9.17, 15) is 4.79 Å². The van der Waals surface area contributed by atoms with Gasteiger partial charge in [-0.05, 0) is 49.4 Å². The molecule has 3 heterocycles. The summed E-state index contributed by atoms with van der Waals surface area (Å²) in [6, 6.07) is 5.41. The molecule has 0 radical (unpaired) electrons. The zero-order valence-electron chi connectivity index (χ0n) is 13.6. The Morgan fingerprint density at radius 2 is 2.20 bits per heavy atom. The number of carbonyl (C=O) groups excluding carboxylic acids is 1. The first-order valence-electron chi connectivity index (χ1n) is 8.29. The van der Waals surface area contributed by atoms with Crippen LogP contribution in [0.2, 0.25) is 0 Å². The first kappa shape index (κ1) is 15.8. The fourth-order valence-electron chi connectivity index (χ4n) is 2.89. The van der Waals surface area contributed by atoms with Gasteiger partial charge in [-0.25, -0.2) is 9.78 Å². The monoisotopic (exact) mass is 354 g/mol. The van der Waals surface area contributed by atoms with Crippen molar-refractivity contribution in [2.24, 2.45) is 0 Å². The minimum Gasteiger partial charge on any atom is -0.464 e. The van der Waals surface area contributed by atoms with Crippen LogP contribution >= 0.6 is 11.3 Å². The molecule has 6 nitrogen and oxygen atoms in total. The molecule has 0 spiro atoms. The lowest BCUT2D eigenvalue weighted by molar-refractivity contribution is 0.251. The normalized spacial score (nSPS) is 13.3. The van der Waals surface area contributed by atoms with Gasteiger partial charge in [0.2, 0.25) is 0 Å². The van der Waals surface area contributed by atoms with Crippen molar-refractivity contribution in [3.05, 3.63) is 53.0 Å². The fraction of sp³-hybridized carbons (Fsp3) is 0.278. The number of pyridine rings is 1. The topological polar surface area (TPSA) is 80.0 Å². The van der Waals surface area contributed by atoms with E-state index in [0.717, 1.165) is 35.4 Å². The summed E-state index contributed by atoms with van der Waals surface area (Å²) in [5, 5.41) is 6.35. The molecule has 2 N–H and O–H groups in total. The Balaban J connectivity index is 1.36. The molecule has 4 rings (SSSR count). The smallest absolute Gasteiger partial charge is 0.321 e. The number of thiazole rings is 1. The third kappa shape index (κ3) is 3.71. The van der Waals surface area contributed by atoms with Crippen molar-refractivity contribution in [3.8, 4) is 11.3 Å². The van der Waals surface area contributed by atoms with E-state index >= 15 is 0 Å². The lowest BCUT2D eigenvalue weighted by Gasteiger charge is -2.06. The number of hydrogen-bond acceptors (Lipinski definition) is 5. The zero-order valence-corrected chi connectivity index (χ0v) is 14.4. The van der Waals surface area contributed by atoms with Crippen LogP contribution in [0, 0.1) is 0 Å². The van der Waals surface area contributed by atoms with Crippen LogP contribution < -0.4 is 10.6 Å². The largest absolute Gasteiger partial charge is 0.464 e. The van der Waals surface area contributed by atoms with Crippen molar-refractivity contribution < 1.29 is 9.21 Å². The van der Waals surface area contributed by atoms with Crippen molar-refractivity contribution in [2.45, 2.75) is 32.2 Å². The van der Waals surface area contributed by atoms with Crippen LogP contribution in [-0.2, 0) is 19.4 Å². The van der Waals surface area contributed by atoms with Gasteiger partial charge in [-0.15, -0.1) is 11.3 Å². The molecule has 2 amide bonds. The Hall–Kier alpha value is -2.67. The van der Waals surface area contributed by atoms with E-state index in [1.54, 1.807) is 30.0 Å². The minimum absolute atomic E-state index is 0.255. The van der Waals surface area contributed by atoms with Gasteiger partial charge in [-0.3, -0.25) is 10.3 Å². The van der Waals surface area contributed by atoms with Crippen molar-refractivity contribution in [2.75, 3.05) is 5.32 Å². The number of aryl methyl sites for hydroxylation is 2. The van der Waals surface area contributed by atoms with Crippen LogP contribution in [0.25, 0.3) is 11.3 Å². The van der Waals surface area contributed by atoms with Crippen LogP contribution in [0.4, 0.5) is 9.93 Å². The molecule has 0 atom stereocenters. The summed E-state index contributed by atoms with van der Waals surface area (Å²) in [7, 11) is 0. The Kier molecular flexibility index (Phi) is 4.47. The maximum atomic E-state index is 12.1. The molecule has 128 valence electrons. The Bertz CT molecular complexity index is 850. The number of nitrogens with zero attached hydrogens (tertiary/aromatic N) is 2. The molecule has 3 aromatic heterocycles. The summed E-state index contributed by atoms with van der Waals surface area (Å²) in [4.78, 5) is 22.1. The van der Waals surface area contributed by atoms with Gasteiger partial charge in [0, 0.05) is 29.4 Å². The van der Waals surface area contributed by atoms with Crippen LogP contribution in [0.1, 0.15) is 29.0 Å². The first-order chi connectivity index (χ1) is 12.3. The number of aromatic nitrogens is 2. The molecule has 0 unspecified atom stereocenters. The van der Waals surface area contributed by atoms with Gasteiger partial charge in [0.25, 0.3) is 0 Å². The number of carbonyl (C=O) groups is 1. The molecule has 3 aromatic rings. The maximum Gasteiger partial charge on any atom is 0.321 e. The van der Waals surface area contributed by atoms with Crippen LogP contribution in [0.5, 0.6) is 0 Å². The van der Waals surface area contributed by atoms with Gasteiger partial charge < -0.3 is 9.73 Å². The van der Waals surface area contributed by atoms with Crippen molar-refractivity contribution in [1.29, 1.82) is 0 Å². The first-order valence-corrected chi connectivity index (χ1v) is 9.11. The molecule has 0 saturated heterocycles. The summed E-state index contributed by atoms with van der Waals surface area (Å²) >= 11 is 1.58. The minimum atomic E-state index is -0.255. The highest BCUT2D eigenvalue weighted by Crippen LogP contribution is 2.29. The van der Waals surface area contributed by atoms with Gasteiger partial charge in [0.15, 0.2) is 5.13 Å². The molecule has 7 heteroatoms. The number of urea groups is 1. The molecule has 1 aliphatic carbocycles. The summed E-state index contributed by atoms with van der Waals surface area (Å²) in [6.07, 6.45) is 9.57. The predicted molar refractivity (Wildman–Crippen MR) is 96.6 cm³/mol.